The average Bonchev–Trinajstić information content (AvgIpc) is 1.98. The maximum absolute atomic E-state index is 9.26. The fraction of sp³-hybridized carbons (Fsp3) is 0.111. The summed E-state index contributed by atoms with van der Waals surface area (Å²) in [6.45, 7) is 1.89. The molecule has 11 heavy (non-hydrogen) atoms. The standard InChI is InChI=1S/C9H9ClO/c1-2-3-7-6-8(10)4-5-9(7)11/h2-6,11H,1H3/b3-2-. The molecular weight excluding hydrogens is 160 g/mol. The average molecular weight is 169 g/mol. The molecule has 1 rings (SSSR count). The number of phenolic OH excluding ortho intramolecular Hbond substituents is 1. The van der Waals surface area contributed by atoms with Crippen LogP contribution < -0.4 is 0 Å². The maximum Gasteiger partial charge on any atom is 0.122 e. The third-order valence-electron chi connectivity index (χ3n) is 1.34. The van der Waals surface area contributed by atoms with E-state index in [1.165, 1.54) is 0 Å². The molecule has 58 valence electrons. The van der Waals surface area contributed by atoms with Gasteiger partial charge in [0.25, 0.3) is 0 Å². The molecule has 0 aliphatic rings. The molecular formula is C9H9ClO. The molecule has 0 aromatic heterocycles. The Morgan fingerprint density at radius 2 is 2.18 bits per heavy atom. The van der Waals surface area contributed by atoms with Gasteiger partial charge in [-0.1, -0.05) is 23.8 Å². The summed E-state index contributed by atoms with van der Waals surface area (Å²) in [5.74, 6) is 0.257. The third-order valence-corrected chi connectivity index (χ3v) is 1.57. The Balaban J connectivity index is 3.12. The van der Waals surface area contributed by atoms with Crippen LogP contribution in [0.1, 0.15) is 12.5 Å². The largest absolute Gasteiger partial charge is 0.507 e. The molecule has 0 radical (unpaired) electrons. The van der Waals surface area contributed by atoms with Gasteiger partial charge in [0.15, 0.2) is 0 Å². The van der Waals surface area contributed by atoms with Gasteiger partial charge in [-0.25, -0.2) is 0 Å². The molecule has 0 saturated carbocycles. The fourth-order valence-corrected chi connectivity index (χ4v) is 1.02. The van der Waals surface area contributed by atoms with Crippen molar-refractivity contribution < 1.29 is 5.11 Å². The molecule has 0 saturated heterocycles. The minimum Gasteiger partial charge on any atom is -0.507 e. The van der Waals surface area contributed by atoms with Gasteiger partial charge in [-0.3, -0.25) is 0 Å². The lowest BCUT2D eigenvalue weighted by Gasteiger charge is -1.97. The van der Waals surface area contributed by atoms with Crippen molar-refractivity contribution in [2.75, 3.05) is 0 Å². The van der Waals surface area contributed by atoms with Crippen molar-refractivity contribution in [3.8, 4) is 5.75 Å². The second-order valence-electron chi connectivity index (χ2n) is 2.20. The monoisotopic (exact) mass is 168 g/mol. The lowest BCUT2D eigenvalue weighted by atomic mass is 10.2. The normalized spacial score (nSPS) is 10.7. The number of aromatic hydroxyl groups is 1. The fourth-order valence-electron chi connectivity index (χ4n) is 0.838. The molecule has 0 heterocycles. The molecule has 0 spiro atoms. The molecule has 1 N–H and O–H groups in total. The van der Waals surface area contributed by atoms with E-state index in [4.69, 9.17) is 11.6 Å². The van der Waals surface area contributed by atoms with Crippen molar-refractivity contribution >= 4 is 17.7 Å². The lowest BCUT2D eigenvalue weighted by molar-refractivity contribution is 0.474. The van der Waals surface area contributed by atoms with Gasteiger partial charge in [0.2, 0.25) is 0 Å². The third kappa shape index (κ3) is 1.99. The molecule has 0 atom stereocenters. The number of hydrogen-bond donors (Lipinski definition) is 1. The highest BCUT2D eigenvalue weighted by Crippen LogP contribution is 2.22. The summed E-state index contributed by atoms with van der Waals surface area (Å²) in [5.41, 5.74) is 0.750. The SMILES string of the molecule is C/C=C\c1cc(Cl)ccc1O. The Hall–Kier alpha value is -0.950. The van der Waals surface area contributed by atoms with E-state index in [2.05, 4.69) is 0 Å². The zero-order valence-corrected chi connectivity index (χ0v) is 6.97. The van der Waals surface area contributed by atoms with E-state index in [0.29, 0.717) is 5.02 Å². The van der Waals surface area contributed by atoms with Gasteiger partial charge in [-0.05, 0) is 25.1 Å². The van der Waals surface area contributed by atoms with Gasteiger partial charge in [0.1, 0.15) is 5.75 Å². The van der Waals surface area contributed by atoms with Crippen molar-refractivity contribution in [3.63, 3.8) is 0 Å². The van der Waals surface area contributed by atoms with E-state index < -0.39 is 0 Å². The van der Waals surface area contributed by atoms with Crippen LogP contribution in [0.5, 0.6) is 5.75 Å². The molecule has 1 nitrogen and oxygen atoms in total. The first-order valence-electron chi connectivity index (χ1n) is 3.35. The molecule has 0 amide bonds. The summed E-state index contributed by atoms with van der Waals surface area (Å²) < 4.78 is 0. The van der Waals surface area contributed by atoms with Crippen LogP contribution in [0.15, 0.2) is 24.3 Å². The molecule has 2 heteroatoms. The predicted molar refractivity (Wildman–Crippen MR) is 47.8 cm³/mol. The Morgan fingerprint density at radius 3 is 2.82 bits per heavy atom. The topological polar surface area (TPSA) is 20.2 Å². The van der Waals surface area contributed by atoms with E-state index in [1.807, 2.05) is 13.0 Å². The molecule has 0 bridgehead atoms. The van der Waals surface area contributed by atoms with Crippen LogP contribution in [-0.4, -0.2) is 5.11 Å². The van der Waals surface area contributed by atoms with Gasteiger partial charge in [0, 0.05) is 10.6 Å². The Kier molecular flexibility index (Phi) is 2.55. The second-order valence-corrected chi connectivity index (χ2v) is 2.64. The quantitative estimate of drug-likeness (QED) is 0.684. The molecule has 0 aliphatic carbocycles. The van der Waals surface area contributed by atoms with Gasteiger partial charge < -0.3 is 5.11 Å². The van der Waals surface area contributed by atoms with Gasteiger partial charge in [-0.2, -0.15) is 0 Å². The number of halogens is 1. The van der Waals surface area contributed by atoms with Crippen molar-refractivity contribution in [1.29, 1.82) is 0 Å². The number of phenols is 1. The van der Waals surface area contributed by atoms with Crippen LogP contribution in [0.2, 0.25) is 5.02 Å². The summed E-state index contributed by atoms with van der Waals surface area (Å²) in [4.78, 5) is 0. The first-order valence-corrected chi connectivity index (χ1v) is 3.73. The smallest absolute Gasteiger partial charge is 0.122 e. The van der Waals surface area contributed by atoms with Crippen LogP contribution in [0, 0.1) is 0 Å². The van der Waals surface area contributed by atoms with Gasteiger partial charge >= 0.3 is 0 Å². The highest BCUT2D eigenvalue weighted by Gasteiger charge is 1.96. The Labute approximate surface area is 70.9 Å². The summed E-state index contributed by atoms with van der Waals surface area (Å²) >= 11 is 5.71. The molecule has 1 aromatic rings. The zero-order chi connectivity index (χ0) is 8.27. The Morgan fingerprint density at radius 1 is 1.45 bits per heavy atom. The highest BCUT2D eigenvalue weighted by atomic mass is 35.5. The minimum absolute atomic E-state index is 0.257. The van der Waals surface area contributed by atoms with Crippen LogP contribution in [0.4, 0.5) is 0 Å². The zero-order valence-electron chi connectivity index (χ0n) is 6.21. The number of rotatable bonds is 1. The predicted octanol–water partition coefficient (Wildman–Crippen LogP) is 3.08. The van der Waals surface area contributed by atoms with Crippen LogP contribution in [0.3, 0.4) is 0 Å². The first-order chi connectivity index (χ1) is 5.24. The molecule has 0 aliphatic heterocycles. The maximum atomic E-state index is 9.26. The second kappa shape index (κ2) is 3.44. The van der Waals surface area contributed by atoms with E-state index in [-0.39, 0.29) is 5.75 Å². The van der Waals surface area contributed by atoms with Crippen LogP contribution in [-0.2, 0) is 0 Å². The summed E-state index contributed by atoms with van der Waals surface area (Å²) in [5, 5.41) is 9.89. The number of hydrogen-bond acceptors (Lipinski definition) is 1. The minimum atomic E-state index is 0.257. The molecule has 0 fully saturated rings. The van der Waals surface area contributed by atoms with Crippen LogP contribution >= 0.6 is 11.6 Å². The summed E-state index contributed by atoms with van der Waals surface area (Å²) in [6, 6.07) is 4.96. The Bertz CT molecular complexity index is 279. The van der Waals surface area contributed by atoms with Gasteiger partial charge in [0.05, 0.1) is 0 Å². The van der Waals surface area contributed by atoms with Crippen molar-refractivity contribution in [1.82, 2.24) is 0 Å². The number of allylic oxidation sites excluding steroid dienone is 1. The van der Waals surface area contributed by atoms with E-state index in [0.717, 1.165) is 5.56 Å². The first kappa shape index (κ1) is 8.15. The van der Waals surface area contributed by atoms with E-state index in [1.54, 1.807) is 24.3 Å². The lowest BCUT2D eigenvalue weighted by Crippen LogP contribution is -1.73. The molecule has 0 unspecified atom stereocenters. The highest BCUT2D eigenvalue weighted by molar-refractivity contribution is 6.30. The van der Waals surface area contributed by atoms with E-state index in [9.17, 15) is 5.11 Å². The van der Waals surface area contributed by atoms with Crippen molar-refractivity contribution in [2.45, 2.75) is 6.92 Å². The van der Waals surface area contributed by atoms with Crippen LogP contribution in [0.25, 0.3) is 6.08 Å². The molecule has 1 aromatic carbocycles. The summed E-state index contributed by atoms with van der Waals surface area (Å²) in [6.07, 6.45) is 3.66. The number of benzene rings is 1. The van der Waals surface area contributed by atoms with Gasteiger partial charge in [-0.15, -0.1) is 0 Å². The van der Waals surface area contributed by atoms with Crippen molar-refractivity contribution in [3.05, 3.63) is 34.9 Å². The van der Waals surface area contributed by atoms with E-state index >= 15 is 0 Å². The summed E-state index contributed by atoms with van der Waals surface area (Å²) in [7, 11) is 0. The van der Waals surface area contributed by atoms with Crippen molar-refractivity contribution in [2.24, 2.45) is 0 Å².